The third-order valence-corrected chi connectivity index (χ3v) is 7.43. The third-order valence-electron chi connectivity index (χ3n) is 7.43. The zero-order chi connectivity index (χ0) is 26.6. The van der Waals surface area contributed by atoms with Crippen LogP contribution in [0.5, 0.6) is 0 Å². The molecule has 2 heterocycles. The average Bonchev–Trinajstić information content (AvgIpc) is 3.33. The number of carbonyl (C=O) groups is 1. The normalized spacial score (nSPS) is 18.8. The Hall–Kier alpha value is -3.30. The van der Waals surface area contributed by atoms with Crippen LogP contribution in [0, 0.1) is 23.0 Å². The maximum atomic E-state index is 13.2. The second-order valence-corrected chi connectivity index (χ2v) is 10.1. The molecule has 2 saturated heterocycles. The van der Waals surface area contributed by atoms with Gasteiger partial charge in [0.25, 0.3) is 5.69 Å². The van der Waals surface area contributed by atoms with Crippen molar-refractivity contribution < 1.29 is 22.9 Å². The van der Waals surface area contributed by atoms with Gasteiger partial charge in [0.05, 0.1) is 4.92 Å². The van der Waals surface area contributed by atoms with Crippen molar-refractivity contribution in [2.75, 3.05) is 36.4 Å². The summed E-state index contributed by atoms with van der Waals surface area (Å²) in [6, 6.07) is 11.3. The van der Waals surface area contributed by atoms with Crippen LogP contribution in [0.4, 0.5) is 30.2 Å². The van der Waals surface area contributed by atoms with Gasteiger partial charge in [-0.25, -0.2) is 0 Å². The van der Waals surface area contributed by atoms with Gasteiger partial charge in [-0.05, 0) is 69.2 Å². The summed E-state index contributed by atoms with van der Waals surface area (Å²) in [6.45, 7) is 5.10. The average molecular weight is 519 g/mol. The molecule has 0 aromatic heterocycles. The minimum Gasteiger partial charge on any atom is -0.380 e. The fraction of sp³-hybridized carbons (Fsp3) is 0.519. The number of rotatable bonds is 8. The number of anilines is 2. The van der Waals surface area contributed by atoms with Crippen LogP contribution in [0.25, 0.3) is 0 Å². The molecule has 200 valence electrons. The molecule has 2 aromatic carbocycles. The van der Waals surface area contributed by atoms with Crippen molar-refractivity contribution >= 4 is 23.0 Å². The molecule has 2 aromatic rings. The highest BCUT2D eigenvalue weighted by Crippen LogP contribution is 2.38. The molecule has 10 heteroatoms. The van der Waals surface area contributed by atoms with Gasteiger partial charge in [-0.1, -0.05) is 17.7 Å². The predicted molar refractivity (Wildman–Crippen MR) is 137 cm³/mol. The third kappa shape index (κ3) is 6.93. The number of hydrogen-bond donors (Lipinski definition) is 1. The standard InChI is InChI=1S/C27H33F3N4O3/c1-19-5-8-23(9-6-19)32-14-11-20(12-15-32)3-2-4-26(35)33-16-13-22(18-33)31-21-7-10-25(34(36)37)24(17-21)27(28,29)30/h5-10,17,20,22,31H,2-4,11-16,18H2,1H3/t22-/m0/s1. The van der Waals surface area contributed by atoms with Gasteiger partial charge < -0.3 is 15.1 Å². The second kappa shape index (κ2) is 11.4. The fourth-order valence-electron chi connectivity index (χ4n) is 5.29. The minimum absolute atomic E-state index is 0.0704. The Labute approximate surface area is 214 Å². The Bertz CT molecular complexity index is 1100. The first-order valence-electron chi connectivity index (χ1n) is 12.8. The molecule has 0 radical (unpaired) electrons. The Kier molecular flexibility index (Phi) is 8.24. The van der Waals surface area contributed by atoms with Gasteiger partial charge in [0.15, 0.2) is 0 Å². The molecule has 0 bridgehead atoms. The second-order valence-electron chi connectivity index (χ2n) is 10.1. The summed E-state index contributed by atoms with van der Waals surface area (Å²) >= 11 is 0. The lowest BCUT2D eigenvalue weighted by Crippen LogP contribution is -2.34. The van der Waals surface area contributed by atoms with E-state index >= 15 is 0 Å². The first-order chi connectivity index (χ1) is 17.6. The summed E-state index contributed by atoms with van der Waals surface area (Å²) in [4.78, 5) is 26.8. The van der Waals surface area contributed by atoms with E-state index in [1.54, 1.807) is 4.90 Å². The number of aryl methyl sites for hydroxylation is 1. The molecule has 2 aliphatic rings. The maximum absolute atomic E-state index is 13.2. The van der Waals surface area contributed by atoms with E-state index in [4.69, 9.17) is 0 Å². The summed E-state index contributed by atoms with van der Waals surface area (Å²) in [6.07, 6.45) is 0.350. The molecule has 7 nitrogen and oxygen atoms in total. The Morgan fingerprint density at radius 3 is 2.43 bits per heavy atom. The SMILES string of the molecule is Cc1ccc(N2CCC(CCCC(=O)N3CC[C@H](Nc4ccc([N+](=O)[O-])c(C(F)(F)F)c4)C3)CC2)cc1. The zero-order valence-electron chi connectivity index (χ0n) is 21.0. The molecule has 37 heavy (non-hydrogen) atoms. The smallest absolute Gasteiger partial charge is 0.380 e. The van der Waals surface area contributed by atoms with Crippen LogP contribution in [0.15, 0.2) is 42.5 Å². The van der Waals surface area contributed by atoms with Gasteiger partial charge >= 0.3 is 6.18 Å². The molecule has 1 atom stereocenters. The lowest BCUT2D eigenvalue weighted by Gasteiger charge is -2.33. The molecule has 2 aliphatic heterocycles. The van der Waals surface area contributed by atoms with E-state index in [-0.39, 0.29) is 17.6 Å². The van der Waals surface area contributed by atoms with E-state index in [1.807, 2.05) is 0 Å². The van der Waals surface area contributed by atoms with Crippen molar-refractivity contribution in [1.82, 2.24) is 4.90 Å². The van der Waals surface area contributed by atoms with Crippen LogP contribution >= 0.6 is 0 Å². The van der Waals surface area contributed by atoms with Crippen LogP contribution < -0.4 is 10.2 Å². The van der Waals surface area contributed by atoms with E-state index in [0.717, 1.165) is 50.9 Å². The predicted octanol–water partition coefficient (Wildman–Crippen LogP) is 6.02. The van der Waals surface area contributed by atoms with E-state index in [9.17, 15) is 28.1 Å². The van der Waals surface area contributed by atoms with E-state index in [1.165, 1.54) is 17.3 Å². The van der Waals surface area contributed by atoms with Gasteiger partial charge in [0.1, 0.15) is 5.56 Å². The highest BCUT2D eigenvalue weighted by Gasteiger charge is 2.38. The van der Waals surface area contributed by atoms with Crippen molar-refractivity contribution in [3.8, 4) is 0 Å². The monoisotopic (exact) mass is 518 g/mol. The number of likely N-dealkylation sites (tertiary alicyclic amines) is 1. The highest BCUT2D eigenvalue weighted by atomic mass is 19.4. The molecule has 0 aliphatic carbocycles. The molecule has 0 spiro atoms. The molecule has 0 unspecified atom stereocenters. The van der Waals surface area contributed by atoms with Crippen molar-refractivity contribution in [2.45, 2.75) is 57.7 Å². The van der Waals surface area contributed by atoms with Crippen LogP contribution in [-0.4, -0.2) is 48.0 Å². The number of carbonyl (C=O) groups excluding carboxylic acids is 1. The van der Waals surface area contributed by atoms with Crippen LogP contribution in [0.1, 0.15) is 49.7 Å². The maximum Gasteiger partial charge on any atom is 0.423 e. The lowest BCUT2D eigenvalue weighted by atomic mass is 9.91. The van der Waals surface area contributed by atoms with E-state index in [0.29, 0.717) is 31.8 Å². The minimum atomic E-state index is -4.82. The number of nitrogens with zero attached hydrogens (tertiary/aromatic N) is 3. The number of nitro groups is 1. The summed E-state index contributed by atoms with van der Waals surface area (Å²) in [7, 11) is 0. The largest absolute Gasteiger partial charge is 0.423 e. The highest BCUT2D eigenvalue weighted by molar-refractivity contribution is 5.76. The summed E-state index contributed by atoms with van der Waals surface area (Å²) < 4.78 is 39.7. The Balaban J connectivity index is 1.19. The number of alkyl halides is 3. The topological polar surface area (TPSA) is 78.7 Å². The van der Waals surface area contributed by atoms with Gasteiger partial charge in [0, 0.05) is 56.1 Å². The molecular formula is C27H33F3N4O3. The number of benzene rings is 2. The molecule has 0 saturated carbocycles. The van der Waals surface area contributed by atoms with E-state index in [2.05, 4.69) is 41.4 Å². The molecule has 1 N–H and O–H groups in total. The van der Waals surface area contributed by atoms with Crippen molar-refractivity contribution in [3.05, 3.63) is 63.7 Å². The van der Waals surface area contributed by atoms with Crippen LogP contribution in [0.2, 0.25) is 0 Å². The van der Waals surface area contributed by atoms with Crippen molar-refractivity contribution in [3.63, 3.8) is 0 Å². The van der Waals surface area contributed by atoms with Crippen LogP contribution in [0.3, 0.4) is 0 Å². The number of piperidine rings is 1. The van der Waals surface area contributed by atoms with Crippen molar-refractivity contribution in [1.29, 1.82) is 0 Å². The Morgan fingerprint density at radius 2 is 1.78 bits per heavy atom. The number of nitrogens with one attached hydrogen (secondary N) is 1. The molecule has 1 amide bonds. The molecule has 4 rings (SSSR count). The zero-order valence-corrected chi connectivity index (χ0v) is 21.0. The quantitative estimate of drug-likeness (QED) is 0.341. The first-order valence-corrected chi connectivity index (χ1v) is 12.8. The molecule has 2 fully saturated rings. The van der Waals surface area contributed by atoms with Gasteiger partial charge in [-0.15, -0.1) is 0 Å². The first kappa shape index (κ1) is 26.8. The van der Waals surface area contributed by atoms with Gasteiger partial charge in [0.2, 0.25) is 5.91 Å². The Morgan fingerprint density at radius 1 is 1.08 bits per heavy atom. The fourth-order valence-corrected chi connectivity index (χ4v) is 5.29. The van der Waals surface area contributed by atoms with Gasteiger partial charge in [-0.3, -0.25) is 14.9 Å². The van der Waals surface area contributed by atoms with Gasteiger partial charge in [-0.2, -0.15) is 13.2 Å². The van der Waals surface area contributed by atoms with Crippen LogP contribution in [-0.2, 0) is 11.0 Å². The number of nitro benzene ring substituents is 1. The number of halogens is 3. The summed E-state index contributed by atoms with van der Waals surface area (Å²) in [5.41, 5.74) is 0.430. The summed E-state index contributed by atoms with van der Waals surface area (Å²) in [5.74, 6) is 0.688. The molecular weight excluding hydrogens is 485 g/mol. The lowest BCUT2D eigenvalue weighted by molar-refractivity contribution is -0.388. The van der Waals surface area contributed by atoms with Crippen molar-refractivity contribution in [2.24, 2.45) is 5.92 Å². The van der Waals surface area contributed by atoms with E-state index < -0.39 is 22.4 Å². The summed E-state index contributed by atoms with van der Waals surface area (Å²) in [5, 5.41) is 14.0. The number of hydrogen-bond acceptors (Lipinski definition) is 5. The number of amides is 1.